The number of nitrogens with zero attached hydrogens (tertiary/aromatic N) is 1. The highest BCUT2D eigenvalue weighted by atomic mass is 32.1. The fraction of sp³-hybridized carbons (Fsp3) is 0.429. The van der Waals surface area contributed by atoms with Crippen LogP contribution in [0.25, 0.3) is 0 Å². The van der Waals surface area contributed by atoms with Crippen LogP contribution in [0.5, 0.6) is 0 Å². The molecule has 0 aliphatic carbocycles. The number of nitrogens with one attached hydrogen (secondary N) is 2. The van der Waals surface area contributed by atoms with E-state index in [1.54, 1.807) is 13.1 Å². The normalized spacial score (nSPS) is 10.0. The van der Waals surface area contributed by atoms with Gasteiger partial charge in [-0.15, -0.1) is 17.9 Å². The molecule has 0 saturated carbocycles. The van der Waals surface area contributed by atoms with Gasteiger partial charge in [-0.05, 0) is 13.8 Å². The molecular formula is C14H22N4O2S. The van der Waals surface area contributed by atoms with Crippen molar-refractivity contribution in [3.8, 4) is 0 Å². The van der Waals surface area contributed by atoms with Crippen LogP contribution in [0.1, 0.15) is 33.9 Å². The summed E-state index contributed by atoms with van der Waals surface area (Å²) in [5.74, 6) is -0.575. The van der Waals surface area contributed by atoms with Crippen LogP contribution in [-0.2, 0) is 0 Å². The Morgan fingerprint density at radius 1 is 1.33 bits per heavy atom. The fourth-order valence-corrected chi connectivity index (χ4v) is 3.19. The lowest BCUT2D eigenvalue weighted by Crippen LogP contribution is -2.26. The van der Waals surface area contributed by atoms with E-state index in [0.717, 1.165) is 18.1 Å². The van der Waals surface area contributed by atoms with Crippen molar-refractivity contribution in [1.29, 1.82) is 0 Å². The molecule has 7 heteroatoms. The van der Waals surface area contributed by atoms with Gasteiger partial charge in [-0.25, -0.2) is 0 Å². The number of hydrogen-bond donors (Lipinski definition) is 3. The SMILES string of the molecule is C=CCNC(=O)c1sc(N(CC)CC)c(C(=O)NC)c1N. The lowest BCUT2D eigenvalue weighted by atomic mass is 10.2. The van der Waals surface area contributed by atoms with E-state index in [4.69, 9.17) is 5.73 Å². The van der Waals surface area contributed by atoms with E-state index in [0.29, 0.717) is 17.0 Å². The van der Waals surface area contributed by atoms with Crippen molar-refractivity contribution in [1.82, 2.24) is 10.6 Å². The van der Waals surface area contributed by atoms with Gasteiger partial charge in [-0.1, -0.05) is 6.08 Å². The Kier molecular flexibility index (Phi) is 6.23. The molecule has 1 rings (SSSR count). The van der Waals surface area contributed by atoms with E-state index < -0.39 is 0 Å². The lowest BCUT2D eigenvalue weighted by Gasteiger charge is -2.20. The Bertz CT molecular complexity index is 535. The molecule has 0 bridgehead atoms. The van der Waals surface area contributed by atoms with Gasteiger partial charge in [0.15, 0.2) is 0 Å². The molecule has 1 aromatic rings. The number of carbonyl (C=O) groups excluding carboxylic acids is 2. The molecule has 1 aromatic heterocycles. The van der Waals surface area contributed by atoms with Gasteiger partial charge in [0.25, 0.3) is 11.8 Å². The van der Waals surface area contributed by atoms with Crippen LogP contribution in [0.15, 0.2) is 12.7 Å². The summed E-state index contributed by atoms with van der Waals surface area (Å²) in [5.41, 5.74) is 6.63. The molecule has 6 nitrogen and oxygen atoms in total. The van der Waals surface area contributed by atoms with Gasteiger partial charge >= 0.3 is 0 Å². The number of nitrogens with two attached hydrogens (primary N) is 1. The molecule has 0 unspecified atom stereocenters. The molecular weight excluding hydrogens is 288 g/mol. The van der Waals surface area contributed by atoms with Gasteiger partial charge in [0.2, 0.25) is 0 Å². The number of carbonyl (C=O) groups is 2. The van der Waals surface area contributed by atoms with Crippen LogP contribution in [0.3, 0.4) is 0 Å². The fourth-order valence-electron chi connectivity index (χ4n) is 1.92. The third-order valence-corrected chi connectivity index (χ3v) is 4.31. The zero-order chi connectivity index (χ0) is 16.0. The second-order valence-electron chi connectivity index (χ2n) is 4.28. The molecule has 0 saturated heterocycles. The predicted octanol–water partition coefficient (Wildman–Crippen LogP) is 1.45. The summed E-state index contributed by atoms with van der Waals surface area (Å²) < 4.78 is 0. The van der Waals surface area contributed by atoms with Gasteiger partial charge in [0.1, 0.15) is 9.88 Å². The highest BCUT2D eigenvalue weighted by molar-refractivity contribution is 7.19. The van der Waals surface area contributed by atoms with Crippen molar-refractivity contribution in [2.75, 3.05) is 37.3 Å². The molecule has 0 radical (unpaired) electrons. The maximum atomic E-state index is 12.1. The Hall–Kier alpha value is -2.02. The first-order valence-electron chi connectivity index (χ1n) is 6.80. The predicted molar refractivity (Wildman–Crippen MR) is 88.2 cm³/mol. The van der Waals surface area contributed by atoms with Gasteiger partial charge in [-0.2, -0.15) is 0 Å². The second-order valence-corrected chi connectivity index (χ2v) is 5.27. The van der Waals surface area contributed by atoms with Crippen molar-refractivity contribution < 1.29 is 9.59 Å². The van der Waals surface area contributed by atoms with E-state index in [-0.39, 0.29) is 17.5 Å². The van der Waals surface area contributed by atoms with E-state index in [2.05, 4.69) is 17.2 Å². The number of rotatable bonds is 7. The first-order chi connectivity index (χ1) is 10.0. The van der Waals surface area contributed by atoms with Crippen molar-refractivity contribution in [2.45, 2.75) is 13.8 Å². The monoisotopic (exact) mass is 310 g/mol. The van der Waals surface area contributed by atoms with Crippen LogP contribution in [0.2, 0.25) is 0 Å². The minimum absolute atomic E-state index is 0.225. The van der Waals surface area contributed by atoms with Crippen LogP contribution in [-0.4, -0.2) is 38.5 Å². The van der Waals surface area contributed by atoms with Gasteiger partial charge in [0.05, 0.1) is 11.3 Å². The molecule has 2 amide bonds. The van der Waals surface area contributed by atoms with E-state index >= 15 is 0 Å². The van der Waals surface area contributed by atoms with Gasteiger partial charge < -0.3 is 21.3 Å². The summed E-state index contributed by atoms with van der Waals surface area (Å²) in [7, 11) is 1.54. The van der Waals surface area contributed by atoms with Gasteiger partial charge in [0, 0.05) is 26.7 Å². The largest absolute Gasteiger partial charge is 0.397 e. The molecule has 0 aliphatic heterocycles. The number of nitrogen functional groups attached to an aromatic ring is 1. The first kappa shape index (κ1) is 17.0. The first-order valence-corrected chi connectivity index (χ1v) is 7.61. The lowest BCUT2D eigenvalue weighted by molar-refractivity contribution is 0.0960. The maximum Gasteiger partial charge on any atom is 0.263 e. The van der Waals surface area contributed by atoms with E-state index in [9.17, 15) is 9.59 Å². The smallest absolute Gasteiger partial charge is 0.263 e. The summed E-state index contributed by atoms with van der Waals surface area (Å²) in [6.45, 7) is 9.35. The topological polar surface area (TPSA) is 87.5 Å². The van der Waals surface area contributed by atoms with Crippen molar-refractivity contribution in [3.63, 3.8) is 0 Å². The molecule has 4 N–H and O–H groups in total. The Morgan fingerprint density at radius 3 is 2.43 bits per heavy atom. The zero-order valence-electron chi connectivity index (χ0n) is 12.7. The van der Waals surface area contributed by atoms with Crippen molar-refractivity contribution in [3.05, 3.63) is 23.1 Å². The third kappa shape index (κ3) is 3.55. The Labute approximate surface area is 129 Å². The molecule has 0 aromatic carbocycles. The van der Waals surface area contributed by atoms with Gasteiger partial charge in [-0.3, -0.25) is 9.59 Å². The summed E-state index contributed by atoms with van der Waals surface area (Å²) >= 11 is 1.24. The average molecular weight is 310 g/mol. The quantitative estimate of drug-likeness (QED) is 0.665. The highest BCUT2D eigenvalue weighted by Gasteiger charge is 2.26. The molecule has 116 valence electrons. The Morgan fingerprint density at radius 2 is 1.95 bits per heavy atom. The number of thiophene rings is 1. The molecule has 0 aliphatic rings. The standard InChI is InChI=1S/C14H22N4O2S/c1-5-8-17-13(20)11-10(15)9(12(19)16-4)14(21-11)18(6-2)7-3/h5H,1,6-8,15H2,2-4H3,(H,16,19)(H,17,20). The summed E-state index contributed by atoms with van der Waals surface area (Å²) in [6, 6.07) is 0. The number of hydrogen-bond acceptors (Lipinski definition) is 5. The molecule has 1 heterocycles. The zero-order valence-corrected chi connectivity index (χ0v) is 13.5. The molecule has 0 fully saturated rings. The molecule has 21 heavy (non-hydrogen) atoms. The highest BCUT2D eigenvalue weighted by Crippen LogP contribution is 2.38. The average Bonchev–Trinajstić information content (AvgIpc) is 2.83. The molecule has 0 spiro atoms. The third-order valence-electron chi connectivity index (χ3n) is 3.04. The van der Waals surface area contributed by atoms with Crippen LogP contribution < -0.4 is 21.3 Å². The summed E-state index contributed by atoms with van der Waals surface area (Å²) in [5, 5.41) is 5.98. The van der Waals surface area contributed by atoms with Crippen LogP contribution in [0.4, 0.5) is 10.7 Å². The van der Waals surface area contributed by atoms with E-state index in [1.807, 2.05) is 18.7 Å². The number of amides is 2. The van der Waals surface area contributed by atoms with E-state index in [1.165, 1.54) is 11.3 Å². The molecule has 0 atom stereocenters. The van der Waals surface area contributed by atoms with Crippen LogP contribution >= 0.6 is 11.3 Å². The minimum atomic E-state index is -0.291. The number of anilines is 2. The Balaban J connectivity index is 3.32. The van der Waals surface area contributed by atoms with Crippen molar-refractivity contribution >= 4 is 33.8 Å². The maximum absolute atomic E-state index is 12.1. The summed E-state index contributed by atoms with van der Waals surface area (Å²) in [6.07, 6.45) is 1.59. The van der Waals surface area contributed by atoms with Crippen LogP contribution in [0, 0.1) is 0 Å². The van der Waals surface area contributed by atoms with Crippen molar-refractivity contribution in [2.24, 2.45) is 0 Å². The second kappa shape index (κ2) is 7.68. The minimum Gasteiger partial charge on any atom is -0.397 e. The summed E-state index contributed by atoms with van der Waals surface area (Å²) in [4.78, 5) is 26.6.